The molecule has 0 aliphatic carbocycles. The van der Waals surface area contributed by atoms with E-state index < -0.39 is 0 Å². The number of amides is 2. The molecule has 0 unspecified atom stereocenters. The van der Waals surface area contributed by atoms with Gasteiger partial charge in [-0.2, -0.15) is 5.10 Å². The van der Waals surface area contributed by atoms with Crippen LogP contribution in [0.2, 0.25) is 0 Å². The number of nitrogens with zero attached hydrogens (tertiary/aromatic N) is 3. The van der Waals surface area contributed by atoms with Crippen molar-refractivity contribution in [3.63, 3.8) is 0 Å². The number of unbranched alkanes of at least 4 members (excludes halogenated alkanes) is 1. The molecule has 0 saturated heterocycles. The van der Waals surface area contributed by atoms with Crippen LogP contribution in [0.15, 0.2) is 29.8 Å². The molecule has 0 saturated carbocycles. The smallest absolute Gasteiger partial charge is 0.222 e. The summed E-state index contributed by atoms with van der Waals surface area (Å²) in [6, 6.07) is 5.80. The molecule has 0 bridgehead atoms. The topological polar surface area (TPSA) is 67.2 Å². The minimum Gasteiger partial charge on any atom is -0.351 e. The first-order valence-corrected chi connectivity index (χ1v) is 9.64. The van der Waals surface area contributed by atoms with E-state index in [-0.39, 0.29) is 17.9 Å². The van der Waals surface area contributed by atoms with Crippen LogP contribution in [0.25, 0.3) is 0 Å². The lowest BCUT2D eigenvalue weighted by Gasteiger charge is -2.33. The highest BCUT2D eigenvalue weighted by Gasteiger charge is 2.29. The Balaban J connectivity index is 1.61. The van der Waals surface area contributed by atoms with Gasteiger partial charge in [0.05, 0.1) is 31.2 Å². The predicted molar refractivity (Wildman–Crippen MR) is 97.0 cm³/mol. The van der Waals surface area contributed by atoms with E-state index in [4.69, 9.17) is 0 Å². The molecule has 6 nitrogen and oxygen atoms in total. The number of fused-ring (bicyclic) bond motifs is 1. The molecule has 0 radical (unpaired) electrons. The monoisotopic (exact) mass is 360 g/mol. The number of hydrogen-bond donors (Lipinski definition) is 1. The number of thiophene rings is 1. The fraction of sp³-hybridized carbons (Fsp3) is 0.500. The first-order chi connectivity index (χ1) is 12.2. The van der Waals surface area contributed by atoms with Crippen LogP contribution in [0.3, 0.4) is 0 Å². The number of carbonyl (C=O) groups excluding carboxylic acids is 2. The van der Waals surface area contributed by atoms with Gasteiger partial charge in [0, 0.05) is 24.0 Å². The van der Waals surface area contributed by atoms with E-state index in [1.165, 1.54) is 0 Å². The van der Waals surface area contributed by atoms with Crippen molar-refractivity contribution in [1.29, 1.82) is 0 Å². The third-order valence-electron chi connectivity index (χ3n) is 4.44. The van der Waals surface area contributed by atoms with E-state index in [0.717, 1.165) is 23.4 Å². The van der Waals surface area contributed by atoms with Gasteiger partial charge in [-0.05, 0) is 23.9 Å². The number of nitrogens with one attached hydrogen (secondary N) is 1. The van der Waals surface area contributed by atoms with E-state index in [2.05, 4.69) is 17.3 Å². The standard InChI is InChI=1S/C18H24N4O2S/c1-2-3-6-18(24)21-12-14-7-8-20-22(14)15(13-21)10-17(23)19-11-16-5-4-9-25-16/h4-5,7-9,15H,2-3,6,10-13H2,1H3,(H,19,23)/t15-/m1/s1. The average molecular weight is 360 g/mol. The highest BCUT2D eigenvalue weighted by Crippen LogP contribution is 2.24. The summed E-state index contributed by atoms with van der Waals surface area (Å²) < 4.78 is 1.90. The van der Waals surface area contributed by atoms with Gasteiger partial charge in [-0.3, -0.25) is 14.3 Å². The van der Waals surface area contributed by atoms with Gasteiger partial charge in [-0.15, -0.1) is 11.3 Å². The van der Waals surface area contributed by atoms with Gasteiger partial charge in [0.15, 0.2) is 0 Å². The lowest BCUT2D eigenvalue weighted by molar-refractivity contribution is -0.134. The van der Waals surface area contributed by atoms with E-state index in [9.17, 15) is 9.59 Å². The molecule has 2 aromatic rings. The van der Waals surface area contributed by atoms with Crippen molar-refractivity contribution in [2.24, 2.45) is 0 Å². The van der Waals surface area contributed by atoms with Crippen LogP contribution < -0.4 is 5.32 Å². The fourth-order valence-electron chi connectivity index (χ4n) is 3.10. The maximum absolute atomic E-state index is 12.4. The minimum atomic E-state index is -0.104. The quantitative estimate of drug-likeness (QED) is 0.825. The van der Waals surface area contributed by atoms with Crippen LogP contribution in [0.4, 0.5) is 0 Å². The Morgan fingerprint density at radius 3 is 3.04 bits per heavy atom. The van der Waals surface area contributed by atoms with E-state index in [1.807, 2.05) is 33.2 Å². The molecule has 7 heteroatoms. The van der Waals surface area contributed by atoms with Gasteiger partial charge in [0.1, 0.15) is 0 Å². The summed E-state index contributed by atoms with van der Waals surface area (Å²) in [6.45, 7) is 3.76. The summed E-state index contributed by atoms with van der Waals surface area (Å²) in [4.78, 5) is 27.7. The van der Waals surface area contributed by atoms with Gasteiger partial charge in [-0.25, -0.2) is 0 Å². The zero-order chi connectivity index (χ0) is 17.6. The Morgan fingerprint density at radius 1 is 1.40 bits per heavy atom. The van der Waals surface area contributed by atoms with Crippen molar-refractivity contribution >= 4 is 23.2 Å². The van der Waals surface area contributed by atoms with Crippen molar-refractivity contribution in [3.05, 3.63) is 40.3 Å². The molecule has 1 aliphatic heterocycles. The molecule has 1 atom stereocenters. The molecule has 0 aromatic carbocycles. The summed E-state index contributed by atoms with van der Waals surface area (Å²) in [5.41, 5.74) is 0.993. The number of carbonyl (C=O) groups is 2. The lowest BCUT2D eigenvalue weighted by atomic mass is 10.1. The molecule has 3 rings (SSSR count). The number of aromatic nitrogens is 2. The average Bonchev–Trinajstić information content (AvgIpc) is 3.29. The molecule has 1 aliphatic rings. The summed E-state index contributed by atoms with van der Waals surface area (Å²) in [7, 11) is 0. The highest BCUT2D eigenvalue weighted by molar-refractivity contribution is 7.09. The molecule has 0 fully saturated rings. The molecule has 1 N–H and O–H groups in total. The largest absolute Gasteiger partial charge is 0.351 e. The minimum absolute atomic E-state index is 0.0114. The summed E-state index contributed by atoms with van der Waals surface area (Å²) in [5, 5.41) is 9.32. The summed E-state index contributed by atoms with van der Waals surface area (Å²) >= 11 is 1.63. The number of rotatable bonds is 7. The predicted octanol–water partition coefficient (Wildman–Crippen LogP) is 2.72. The second-order valence-corrected chi connectivity index (χ2v) is 7.39. The molecule has 134 valence electrons. The van der Waals surface area contributed by atoms with Crippen molar-refractivity contribution < 1.29 is 9.59 Å². The van der Waals surface area contributed by atoms with Gasteiger partial charge in [0.25, 0.3) is 0 Å². The van der Waals surface area contributed by atoms with Crippen LogP contribution in [-0.2, 0) is 22.7 Å². The van der Waals surface area contributed by atoms with Gasteiger partial charge >= 0.3 is 0 Å². The van der Waals surface area contributed by atoms with Crippen LogP contribution in [0.5, 0.6) is 0 Å². The Kier molecular flexibility index (Phi) is 5.86. The molecular formula is C18H24N4O2S. The Morgan fingerprint density at radius 2 is 2.28 bits per heavy atom. The third kappa shape index (κ3) is 4.48. The Bertz CT molecular complexity index is 710. The SMILES string of the molecule is CCCCC(=O)N1Cc2ccnn2[C@H](CC(=O)NCc2cccs2)C1. The first kappa shape index (κ1) is 17.7. The van der Waals surface area contributed by atoms with Crippen LogP contribution >= 0.6 is 11.3 Å². The van der Waals surface area contributed by atoms with Crippen LogP contribution in [-0.4, -0.2) is 33.0 Å². The zero-order valence-corrected chi connectivity index (χ0v) is 15.3. The lowest BCUT2D eigenvalue weighted by Crippen LogP contribution is -2.42. The van der Waals surface area contributed by atoms with Gasteiger partial charge in [-0.1, -0.05) is 19.4 Å². The van der Waals surface area contributed by atoms with E-state index in [1.54, 1.807) is 17.5 Å². The summed E-state index contributed by atoms with van der Waals surface area (Å²) in [6.07, 6.45) is 4.55. The van der Waals surface area contributed by atoms with Crippen LogP contribution in [0, 0.1) is 0 Å². The molecule has 3 heterocycles. The van der Waals surface area contributed by atoms with E-state index >= 15 is 0 Å². The van der Waals surface area contributed by atoms with Gasteiger partial charge < -0.3 is 10.2 Å². The number of hydrogen-bond acceptors (Lipinski definition) is 4. The summed E-state index contributed by atoms with van der Waals surface area (Å²) in [5.74, 6) is 0.154. The maximum Gasteiger partial charge on any atom is 0.222 e. The zero-order valence-electron chi connectivity index (χ0n) is 14.5. The highest BCUT2D eigenvalue weighted by atomic mass is 32.1. The molecule has 0 spiro atoms. The van der Waals surface area contributed by atoms with Crippen molar-refractivity contribution in [2.45, 2.75) is 51.7 Å². The first-order valence-electron chi connectivity index (χ1n) is 8.76. The normalized spacial score (nSPS) is 16.5. The van der Waals surface area contributed by atoms with Crippen molar-refractivity contribution in [2.75, 3.05) is 6.54 Å². The second-order valence-electron chi connectivity index (χ2n) is 6.36. The van der Waals surface area contributed by atoms with Crippen LogP contribution in [0.1, 0.15) is 49.2 Å². The molecular weight excluding hydrogens is 336 g/mol. The van der Waals surface area contributed by atoms with E-state index in [0.29, 0.717) is 32.5 Å². The van der Waals surface area contributed by atoms with Crippen molar-refractivity contribution in [1.82, 2.24) is 20.0 Å². The third-order valence-corrected chi connectivity index (χ3v) is 5.32. The maximum atomic E-state index is 12.4. The fourth-order valence-corrected chi connectivity index (χ4v) is 3.74. The molecule has 25 heavy (non-hydrogen) atoms. The Hall–Kier alpha value is -2.15. The molecule has 2 amide bonds. The Labute approximate surface area is 151 Å². The second kappa shape index (κ2) is 8.29. The van der Waals surface area contributed by atoms with Crippen molar-refractivity contribution in [3.8, 4) is 0 Å². The molecule has 2 aromatic heterocycles. The van der Waals surface area contributed by atoms with Gasteiger partial charge in [0.2, 0.25) is 11.8 Å².